The second kappa shape index (κ2) is 6.22. The predicted molar refractivity (Wildman–Crippen MR) is 103 cm³/mol. The van der Waals surface area contributed by atoms with Gasteiger partial charge in [-0.1, -0.05) is 6.07 Å². The molecule has 9 heteroatoms. The molecule has 1 aliphatic rings. The fourth-order valence-corrected chi connectivity index (χ4v) is 3.08. The van der Waals surface area contributed by atoms with E-state index in [4.69, 9.17) is 4.11 Å². The van der Waals surface area contributed by atoms with Crippen LogP contribution in [-0.2, 0) is 4.79 Å². The second-order valence-electron chi connectivity index (χ2n) is 6.55. The minimum absolute atomic E-state index is 0.110. The van der Waals surface area contributed by atoms with E-state index in [9.17, 15) is 9.18 Å². The molecule has 2 N–H and O–H groups in total. The van der Waals surface area contributed by atoms with Crippen molar-refractivity contribution in [1.29, 1.82) is 0 Å². The number of carbonyl (C=O) groups excluding carboxylic acids is 1. The Labute approximate surface area is 163 Å². The van der Waals surface area contributed by atoms with Crippen LogP contribution in [0.1, 0.15) is 10.5 Å². The number of fused-ring (bicyclic) bond motifs is 2. The maximum Gasteiger partial charge on any atom is 0.231 e. The van der Waals surface area contributed by atoms with Crippen LogP contribution in [0.15, 0.2) is 42.9 Å². The van der Waals surface area contributed by atoms with Gasteiger partial charge < -0.3 is 10.6 Å². The summed E-state index contributed by atoms with van der Waals surface area (Å²) in [6, 6.07) is 7.03. The van der Waals surface area contributed by atoms with Gasteiger partial charge in [0.25, 0.3) is 0 Å². The molecule has 0 saturated heterocycles. The molecular formula is C19H16FN7O. The van der Waals surface area contributed by atoms with Crippen molar-refractivity contribution in [3.63, 3.8) is 0 Å². The molecule has 1 amide bonds. The number of rotatable bonds is 4. The van der Waals surface area contributed by atoms with Gasteiger partial charge in [0.05, 0.1) is 5.92 Å². The van der Waals surface area contributed by atoms with Crippen LogP contribution in [0.5, 0.6) is 0 Å². The molecular weight excluding hydrogens is 361 g/mol. The predicted octanol–water partition coefficient (Wildman–Crippen LogP) is 2.68. The third-order valence-corrected chi connectivity index (χ3v) is 4.67. The van der Waals surface area contributed by atoms with E-state index in [1.165, 1.54) is 12.4 Å². The summed E-state index contributed by atoms with van der Waals surface area (Å²) in [4.78, 5) is 25.1. The molecule has 0 aromatic carbocycles. The van der Waals surface area contributed by atoms with Crippen LogP contribution in [0.4, 0.5) is 16.0 Å². The maximum absolute atomic E-state index is 13.2. The van der Waals surface area contributed by atoms with Crippen LogP contribution in [0.2, 0.25) is 0 Å². The van der Waals surface area contributed by atoms with Crippen molar-refractivity contribution in [3.05, 3.63) is 42.9 Å². The van der Waals surface area contributed by atoms with E-state index < -0.39 is 25.0 Å². The van der Waals surface area contributed by atoms with Crippen molar-refractivity contribution in [1.82, 2.24) is 24.6 Å². The second-order valence-corrected chi connectivity index (χ2v) is 6.55. The lowest BCUT2D eigenvalue weighted by Gasteiger charge is -2.10. The summed E-state index contributed by atoms with van der Waals surface area (Å²) >= 11 is 0. The van der Waals surface area contributed by atoms with Crippen LogP contribution in [0, 0.1) is 5.92 Å². The molecule has 0 aliphatic heterocycles. The number of nitrogens with one attached hydrogen (secondary N) is 2. The summed E-state index contributed by atoms with van der Waals surface area (Å²) in [6.45, 7) is -2.46. The van der Waals surface area contributed by atoms with Crippen LogP contribution >= 0.6 is 0 Å². The molecule has 0 bridgehead atoms. The molecule has 4 heterocycles. The Morgan fingerprint density at radius 2 is 2.21 bits per heavy atom. The van der Waals surface area contributed by atoms with Gasteiger partial charge >= 0.3 is 0 Å². The molecule has 4 aromatic rings. The minimum Gasteiger partial charge on any atom is -0.373 e. The number of hydrogen-bond acceptors (Lipinski definition) is 6. The van der Waals surface area contributed by atoms with Crippen molar-refractivity contribution in [2.75, 3.05) is 17.6 Å². The SMILES string of the molecule is [2H]C([2H])([2H])Nc1ncc(-c2nc3ccccn3n2)c2cc(NC(=O)[C@H]3C[C@H]3F)ncc12. The van der Waals surface area contributed by atoms with E-state index in [1.54, 1.807) is 22.8 Å². The van der Waals surface area contributed by atoms with Gasteiger partial charge in [-0.05, 0) is 24.6 Å². The van der Waals surface area contributed by atoms with Crippen LogP contribution in [0.3, 0.4) is 0 Å². The number of alkyl halides is 1. The zero-order valence-corrected chi connectivity index (χ0v) is 14.4. The Morgan fingerprint density at radius 3 is 3.00 bits per heavy atom. The third kappa shape index (κ3) is 2.72. The van der Waals surface area contributed by atoms with Gasteiger partial charge in [-0.25, -0.2) is 23.9 Å². The van der Waals surface area contributed by atoms with Crippen molar-refractivity contribution >= 4 is 34.0 Å². The Hall–Kier alpha value is -3.62. The van der Waals surface area contributed by atoms with Gasteiger partial charge in [0.1, 0.15) is 17.8 Å². The molecule has 0 unspecified atom stereocenters. The number of amides is 1. The average Bonchev–Trinajstić information content (AvgIpc) is 3.29. The topological polar surface area (TPSA) is 97.1 Å². The summed E-state index contributed by atoms with van der Waals surface area (Å²) in [7, 11) is 0. The van der Waals surface area contributed by atoms with E-state index in [0.29, 0.717) is 27.8 Å². The monoisotopic (exact) mass is 380 g/mol. The van der Waals surface area contributed by atoms with E-state index in [1.807, 2.05) is 12.1 Å². The van der Waals surface area contributed by atoms with E-state index in [0.717, 1.165) is 0 Å². The molecule has 0 radical (unpaired) electrons. The molecule has 4 aromatic heterocycles. The normalized spacial score (nSPS) is 20.4. The number of aromatic nitrogens is 5. The van der Waals surface area contributed by atoms with E-state index in [2.05, 4.69) is 30.7 Å². The van der Waals surface area contributed by atoms with Gasteiger partial charge in [-0.2, -0.15) is 0 Å². The Bertz CT molecular complexity index is 1290. The summed E-state index contributed by atoms with van der Waals surface area (Å²) in [6.07, 6.45) is 3.70. The number of nitrogens with zero attached hydrogens (tertiary/aromatic N) is 5. The van der Waals surface area contributed by atoms with Crippen molar-refractivity contribution in [2.45, 2.75) is 12.6 Å². The zero-order chi connectivity index (χ0) is 21.8. The summed E-state index contributed by atoms with van der Waals surface area (Å²) in [5.41, 5.74) is 1.16. The van der Waals surface area contributed by atoms with Crippen molar-refractivity contribution < 1.29 is 13.3 Å². The minimum atomic E-state index is -2.46. The van der Waals surface area contributed by atoms with Gasteiger partial charge in [-0.15, -0.1) is 5.10 Å². The van der Waals surface area contributed by atoms with E-state index in [-0.39, 0.29) is 18.1 Å². The maximum atomic E-state index is 13.2. The zero-order valence-electron chi connectivity index (χ0n) is 17.4. The highest BCUT2D eigenvalue weighted by atomic mass is 19.1. The third-order valence-electron chi connectivity index (χ3n) is 4.67. The van der Waals surface area contributed by atoms with Gasteiger partial charge in [0, 0.05) is 46.0 Å². The molecule has 8 nitrogen and oxygen atoms in total. The lowest BCUT2D eigenvalue weighted by molar-refractivity contribution is -0.117. The summed E-state index contributed by atoms with van der Waals surface area (Å²) in [5.74, 6) is -0.408. The Morgan fingerprint density at radius 1 is 1.32 bits per heavy atom. The molecule has 1 aliphatic carbocycles. The van der Waals surface area contributed by atoms with Crippen LogP contribution < -0.4 is 10.6 Å². The van der Waals surface area contributed by atoms with E-state index >= 15 is 0 Å². The van der Waals surface area contributed by atoms with Crippen molar-refractivity contribution in [3.8, 4) is 11.4 Å². The lowest BCUT2D eigenvalue weighted by Crippen LogP contribution is -2.15. The standard InChI is InChI=1S/C19H16FN7O/c1-21-17-12-8-22-15(24-19(28)11-6-14(11)20)7-10(12)13(9-23-17)18-25-16-4-2-3-5-27(16)26-18/h2-5,7-9,11,14H,6H2,1H3,(H,21,23)(H,22,24,28)/t11-,14+/m0/s1/i1D3. The fourth-order valence-electron chi connectivity index (χ4n) is 3.08. The van der Waals surface area contributed by atoms with Gasteiger partial charge in [0.15, 0.2) is 11.5 Å². The number of carbonyl (C=O) groups is 1. The van der Waals surface area contributed by atoms with Gasteiger partial charge in [-0.3, -0.25) is 4.79 Å². The highest BCUT2D eigenvalue weighted by Gasteiger charge is 2.43. The molecule has 2 atom stereocenters. The quantitative estimate of drug-likeness (QED) is 0.565. The molecule has 140 valence electrons. The first-order chi connectivity index (χ1) is 14.8. The smallest absolute Gasteiger partial charge is 0.231 e. The average molecular weight is 380 g/mol. The molecule has 1 saturated carbocycles. The van der Waals surface area contributed by atoms with Gasteiger partial charge in [0.2, 0.25) is 5.91 Å². The first-order valence-electron chi connectivity index (χ1n) is 10.1. The highest BCUT2D eigenvalue weighted by Crippen LogP contribution is 2.35. The molecule has 0 spiro atoms. The van der Waals surface area contributed by atoms with Crippen LogP contribution in [0.25, 0.3) is 27.8 Å². The highest BCUT2D eigenvalue weighted by molar-refractivity contribution is 6.03. The fraction of sp³-hybridized carbons (Fsp3) is 0.211. The molecule has 1 fully saturated rings. The first kappa shape index (κ1) is 13.5. The first-order valence-corrected chi connectivity index (χ1v) is 8.62. The largest absolute Gasteiger partial charge is 0.373 e. The lowest BCUT2D eigenvalue weighted by atomic mass is 10.1. The summed E-state index contributed by atoms with van der Waals surface area (Å²) in [5, 5.41) is 10.4. The summed E-state index contributed by atoms with van der Waals surface area (Å²) < 4.78 is 37.3. The Kier molecular flexibility index (Phi) is 3.01. The molecule has 5 rings (SSSR count). The molecule has 28 heavy (non-hydrogen) atoms. The number of hydrogen-bond donors (Lipinski definition) is 2. The van der Waals surface area contributed by atoms with Crippen molar-refractivity contribution in [2.24, 2.45) is 5.92 Å². The van der Waals surface area contributed by atoms with Crippen LogP contribution in [-0.4, -0.2) is 43.6 Å². The number of anilines is 2. The Balaban J connectivity index is 1.63. The number of halogens is 1. The number of pyridine rings is 3.